The fourth-order valence-electron chi connectivity index (χ4n) is 0.975. The summed E-state index contributed by atoms with van der Waals surface area (Å²) in [6.45, 7) is 3.36. The summed E-state index contributed by atoms with van der Waals surface area (Å²) in [5.41, 5.74) is 0. The van der Waals surface area contributed by atoms with Crippen molar-refractivity contribution in [2.45, 2.75) is 26.3 Å². The molecule has 5 nitrogen and oxygen atoms in total. The molecule has 1 rings (SSSR count). The van der Waals surface area contributed by atoms with Crippen LogP contribution >= 0.6 is 0 Å². The summed E-state index contributed by atoms with van der Waals surface area (Å²) in [4.78, 5) is 9.15. The number of methoxy groups -OCH3 is 1. The molecule has 1 aromatic heterocycles. The van der Waals surface area contributed by atoms with Gasteiger partial charge in [0.2, 0.25) is 6.33 Å². The minimum absolute atomic E-state index is 1.10. The summed E-state index contributed by atoms with van der Waals surface area (Å²) in [7, 11) is 3.14. The predicted octanol–water partition coefficient (Wildman–Crippen LogP) is 1.42. The Labute approximate surface area is 89.9 Å². The SMILES string of the molecule is CCCCn1cc[n+](C)c1.COC(=O)O. The summed E-state index contributed by atoms with van der Waals surface area (Å²) in [5, 5.41) is 7.50. The van der Waals surface area contributed by atoms with Gasteiger partial charge in [0.25, 0.3) is 0 Å². The minimum Gasteiger partial charge on any atom is -0.450 e. The second kappa shape index (κ2) is 7.84. The number of nitrogens with zero attached hydrogens (tertiary/aromatic N) is 2. The molecule has 0 saturated carbocycles. The Balaban J connectivity index is 0.000000336. The van der Waals surface area contributed by atoms with Gasteiger partial charge in [-0.15, -0.1) is 0 Å². The molecule has 0 spiro atoms. The van der Waals surface area contributed by atoms with Crippen molar-refractivity contribution in [3.8, 4) is 0 Å². The van der Waals surface area contributed by atoms with E-state index in [0.717, 1.165) is 13.7 Å². The Morgan fingerprint density at radius 2 is 2.20 bits per heavy atom. The lowest BCUT2D eigenvalue weighted by Gasteiger charge is -1.90. The van der Waals surface area contributed by atoms with Crippen LogP contribution in [0.3, 0.4) is 0 Å². The first-order valence-corrected chi connectivity index (χ1v) is 4.88. The number of imidazole rings is 1. The molecule has 0 aliphatic carbocycles. The molecule has 0 aliphatic heterocycles. The number of aromatic nitrogens is 2. The van der Waals surface area contributed by atoms with Gasteiger partial charge in [-0.3, -0.25) is 0 Å². The molecule has 1 aromatic rings. The Hall–Kier alpha value is -1.52. The van der Waals surface area contributed by atoms with Gasteiger partial charge in [0.05, 0.1) is 20.7 Å². The molecule has 0 unspecified atom stereocenters. The molecule has 1 N–H and O–H groups in total. The number of unbranched alkanes of at least 4 members (excludes halogenated alkanes) is 1. The molecule has 0 aliphatic rings. The number of rotatable bonds is 3. The summed E-state index contributed by atoms with van der Waals surface area (Å²) < 4.78 is 7.94. The van der Waals surface area contributed by atoms with Gasteiger partial charge in [-0.05, 0) is 6.42 Å². The molecule has 0 fully saturated rings. The molecule has 0 atom stereocenters. The zero-order chi connectivity index (χ0) is 11.7. The smallest absolute Gasteiger partial charge is 0.450 e. The van der Waals surface area contributed by atoms with E-state index in [1.807, 2.05) is 7.05 Å². The summed E-state index contributed by atoms with van der Waals surface area (Å²) in [6.07, 6.45) is 7.57. The maximum atomic E-state index is 9.15. The van der Waals surface area contributed by atoms with E-state index in [-0.39, 0.29) is 0 Å². The van der Waals surface area contributed by atoms with E-state index in [4.69, 9.17) is 9.90 Å². The average Bonchev–Trinajstić information content (AvgIpc) is 2.62. The van der Waals surface area contributed by atoms with Crippen LogP contribution in [-0.2, 0) is 18.3 Å². The molecular weight excluding hydrogens is 196 g/mol. The van der Waals surface area contributed by atoms with Crippen LogP contribution in [0.2, 0.25) is 0 Å². The van der Waals surface area contributed by atoms with E-state index >= 15 is 0 Å². The van der Waals surface area contributed by atoms with Crippen LogP contribution in [0.5, 0.6) is 0 Å². The van der Waals surface area contributed by atoms with E-state index in [1.165, 1.54) is 12.8 Å². The molecule has 0 bridgehead atoms. The second-order valence-corrected chi connectivity index (χ2v) is 3.14. The van der Waals surface area contributed by atoms with E-state index in [1.54, 1.807) is 0 Å². The first kappa shape index (κ1) is 13.5. The largest absolute Gasteiger partial charge is 0.505 e. The van der Waals surface area contributed by atoms with Crippen molar-refractivity contribution in [1.29, 1.82) is 0 Å². The topological polar surface area (TPSA) is 55.3 Å². The van der Waals surface area contributed by atoms with Gasteiger partial charge in [-0.2, -0.15) is 0 Å². The minimum atomic E-state index is -1.25. The highest BCUT2D eigenvalue weighted by Crippen LogP contribution is 1.91. The van der Waals surface area contributed by atoms with Crippen molar-refractivity contribution in [3.63, 3.8) is 0 Å². The van der Waals surface area contributed by atoms with E-state index in [2.05, 4.69) is 39.5 Å². The Morgan fingerprint density at radius 1 is 1.60 bits per heavy atom. The number of carbonyl (C=O) groups is 1. The van der Waals surface area contributed by atoms with E-state index < -0.39 is 6.16 Å². The zero-order valence-electron chi connectivity index (χ0n) is 9.51. The number of carboxylic acid groups (broad SMARTS) is 1. The van der Waals surface area contributed by atoms with Crippen molar-refractivity contribution < 1.29 is 19.2 Å². The average molecular weight is 215 g/mol. The third-order valence-corrected chi connectivity index (χ3v) is 1.77. The van der Waals surface area contributed by atoms with Gasteiger partial charge < -0.3 is 9.84 Å². The molecule has 1 heterocycles. The first-order valence-electron chi connectivity index (χ1n) is 4.88. The van der Waals surface area contributed by atoms with Gasteiger partial charge >= 0.3 is 6.16 Å². The van der Waals surface area contributed by atoms with Gasteiger partial charge in [-0.25, -0.2) is 13.9 Å². The Bertz CT molecular complexity index is 284. The van der Waals surface area contributed by atoms with Crippen LogP contribution < -0.4 is 4.57 Å². The van der Waals surface area contributed by atoms with Gasteiger partial charge in [0, 0.05) is 0 Å². The van der Waals surface area contributed by atoms with Crippen LogP contribution in [0.25, 0.3) is 0 Å². The van der Waals surface area contributed by atoms with Crippen molar-refractivity contribution >= 4 is 6.16 Å². The van der Waals surface area contributed by atoms with Crippen molar-refractivity contribution in [2.75, 3.05) is 7.11 Å². The third-order valence-electron chi connectivity index (χ3n) is 1.77. The maximum absolute atomic E-state index is 9.15. The quantitative estimate of drug-likeness (QED) is 0.613. The molecule has 5 heteroatoms. The fraction of sp³-hybridized carbons (Fsp3) is 0.600. The van der Waals surface area contributed by atoms with Crippen molar-refractivity contribution in [2.24, 2.45) is 7.05 Å². The molecular formula is C10H19N2O3+. The highest BCUT2D eigenvalue weighted by Gasteiger charge is 1.96. The lowest BCUT2D eigenvalue weighted by atomic mass is 10.3. The standard InChI is InChI=1S/C8H15N2.C2H4O3/c1-3-4-5-10-7-6-9(2)8-10;1-5-2(3)4/h6-8H,3-5H2,1-2H3;1H3,(H,3,4)/q+1;. The lowest BCUT2D eigenvalue weighted by molar-refractivity contribution is -0.671. The maximum Gasteiger partial charge on any atom is 0.505 e. The highest BCUT2D eigenvalue weighted by atomic mass is 16.6. The number of hydrogen-bond donors (Lipinski definition) is 1. The Kier molecular flexibility index (Phi) is 7.05. The van der Waals surface area contributed by atoms with Gasteiger partial charge in [0.1, 0.15) is 12.4 Å². The Morgan fingerprint density at radius 3 is 2.53 bits per heavy atom. The monoisotopic (exact) mass is 215 g/mol. The lowest BCUT2D eigenvalue weighted by Crippen LogP contribution is -2.23. The molecule has 0 radical (unpaired) electrons. The van der Waals surface area contributed by atoms with Crippen molar-refractivity contribution in [1.82, 2.24) is 4.57 Å². The van der Waals surface area contributed by atoms with E-state index in [0.29, 0.717) is 0 Å². The zero-order valence-corrected chi connectivity index (χ0v) is 9.51. The van der Waals surface area contributed by atoms with E-state index in [9.17, 15) is 0 Å². The summed E-state index contributed by atoms with van der Waals surface area (Å²) >= 11 is 0. The first-order chi connectivity index (χ1) is 7.10. The van der Waals surface area contributed by atoms with Crippen LogP contribution in [0.4, 0.5) is 4.79 Å². The molecule has 86 valence electrons. The van der Waals surface area contributed by atoms with Gasteiger partial charge in [-0.1, -0.05) is 13.3 Å². The van der Waals surface area contributed by atoms with Gasteiger partial charge in [0.15, 0.2) is 0 Å². The summed E-state index contributed by atoms with van der Waals surface area (Å²) in [6, 6.07) is 0. The highest BCUT2D eigenvalue weighted by molar-refractivity contribution is 5.56. The molecule has 0 saturated heterocycles. The van der Waals surface area contributed by atoms with Crippen molar-refractivity contribution in [3.05, 3.63) is 18.7 Å². The molecule has 0 aromatic carbocycles. The summed E-state index contributed by atoms with van der Waals surface area (Å²) in [5.74, 6) is 0. The third kappa shape index (κ3) is 7.54. The van der Waals surface area contributed by atoms with Crippen LogP contribution in [0.15, 0.2) is 18.7 Å². The number of ether oxygens (including phenoxy) is 1. The second-order valence-electron chi connectivity index (χ2n) is 3.14. The fourth-order valence-corrected chi connectivity index (χ4v) is 0.975. The number of hydrogen-bond acceptors (Lipinski definition) is 2. The molecule has 15 heavy (non-hydrogen) atoms. The van der Waals surface area contributed by atoms with Crippen LogP contribution in [-0.4, -0.2) is 22.9 Å². The predicted molar refractivity (Wildman–Crippen MR) is 55.5 cm³/mol. The van der Waals surface area contributed by atoms with Crippen LogP contribution in [0, 0.1) is 0 Å². The normalized spacial score (nSPS) is 9.00. The number of aryl methyl sites for hydroxylation is 2. The molecule has 0 amide bonds. The van der Waals surface area contributed by atoms with Crippen LogP contribution in [0.1, 0.15) is 19.8 Å².